The second-order valence-electron chi connectivity index (χ2n) is 7.54. The number of allylic oxidation sites excluding steroid dienone is 4. The molecule has 0 spiro atoms. The molecule has 7 nitrogen and oxygen atoms in total. The molecule has 0 N–H and O–H groups in total. The summed E-state index contributed by atoms with van der Waals surface area (Å²) in [6, 6.07) is 0. The molecule has 0 fully saturated rings. The molecule has 2 rings (SSSR count). The fourth-order valence-corrected chi connectivity index (χ4v) is 2.77. The fraction of sp³-hybridized carbons (Fsp3) is 0.409. The Morgan fingerprint density at radius 3 is 2.31 bits per heavy atom. The van der Waals surface area contributed by atoms with Crippen LogP contribution in [0.3, 0.4) is 0 Å². The third-order valence-electron chi connectivity index (χ3n) is 4.30. The first kappa shape index (κ1) is 27.7. The number of hydrogen-bond acceptors (Lipinski definition) is 6. The van der Waals surface area contributed by atoms with E-state index in [0.29, 0.717) is 11.6 Å². The Balaban J connectivity index is 2.37. The molecule has 13 heteroatoms. The van der Waals surface area contributed by atoms with Crippen LogP contribution in [-0.2, 0) is 16.0 Å². The summed E-state index contributed by atoms with van der Waals surface area (Å²) in [6.07, 6.45) is -4.30. The Morgan fingerprint density at radius 2 is 1.77 bits per heavy atom. The Morgan fingerprint density at radius 1 is 1.11 bits per heavy atom. The van der Waals surface area contributed by atoms with Crippen LogP contribution in [0, 0.1) is 0 Å². The Hall–Kier alpha value is -3.51. The third kappa shape index (κ3) is 8.65. The maximum Gasteiger partial charge on any atom is 0.416 e. The quantitative estimate of drug-likeness (QED) is 0.199. The van der Waals surface area contributed by atoms with Gasteiger partial charge in [-0.2, -0.15) is 31.4 Å². The summed E-state index contributed by atoms with van der Waals surface area (Å²) < 4.78 is 85.6. The van der Waals surface area contributed by atoms with Crippen LogP contribution in [0.5, 0.6) is 0 Å². The Labute approximate surface area is 197 Å². The molecule has 0 radical (unpaired) electrons. The van der Waals surface area contributed by atoms with Crippen molar-refractivity contribution in [2.75, 3.05) is 0 Å². The van der Waals surface area contributed by atoms with Crippen molar-refractivity contribution >= 4 is 17.7 Å². The van der Waals surface area contributed by atoms with Crippen molar-refractivity contribution < 1.29 is 35.9 Å². The number of carbonyl (C=O) groups excluding carboxylic acids is 1. The summed E-state index contributed by atoms with van der Waals surface area (Å²) in [5, 5.41) is 3.98. The largest absolute Gasteiger partial charge is 0.459 e. The number of carbonyl (C=O) groups is 1. The van der Waals surface area contributed by atoms with Gasteiger partial charge in [0.1, 0.15) is 12.7 Å². The van der Waals surface area contributed by atoms with Gasteiger partial charge < -0.3 is 4.74 Å². The molecule has 0 bridgehead atoms. The lowest BCUT2D eigenvalue weighted by molar-refractivity contribution is -0.140. The van der Waals surface area contributed by atoms with Crippen LogP contribution in [0.4, 0.5) is 26.3 Å². The van der Waals surface area contributed by atoms with Crippen molar-refractivity contribution in [1.82, 2.24) is 24.7 Å². The summed E-state index contributed by atoms with van der Waals surface area (Å²) in [7, 11) is 0. The molecule has 2 heterocycles. The van der Waals surface area contributed by atoms with Gasteiger partial charge in [-0.1, -0.05) is 19.4 Å². The molecule has 0 aliphatic heterocycles. The summed E-state index contributed by atoms with van der Waals surface area (Å²) in [5.41, 5.74) is -2.41. The second-order valence-corrected chi connectivity index (χ2v) is 7.54. The second kappa shape index (κ2) is 11.8. The monoisotopic (exact) mass is 503 g/mol. The molecule has 0 aliphatic carbocycles. The van der Waals surface area contributed by atoms with Crippen LogP contribution in [0.1, 0.15) is 45.0 Å². The average molecular weight is 503 g/mol. The minimum absolute atomic E-state index is 0.0135. The van der Waals surface area contributed by atoms with Gasteiger partial charge in [0.25, 0.3) is 0 Å². The molecule has 0 saturated carbocycles. The topological polar surface area (TPSA) is 82.8 Å². The minimum Gasteiger partial charge on any atom is -0.459 e. The van der Waals surface area contributed by atoms with Gasteiger partial charge in [-0.3, -0.25) is 0 Å². The maximum absolute atomic E-state index is 13.4. The summed E-state index contributed by atoms with van der Waals surface area (Å²) in [4.78, 5) is 24.0. The van der Waals surface area contributed by atoms with Crippen molar-refractivity contribution in [3.05, 3.63) is 59.7 Å². The van der Waals surface area contributed by atoms with Crippen molar-refractivity contribution in [1.29, 1.82) is 0 Å². The van der Waals surface area contributed by atoms with Gasteiger partial charge in [0.15, 0.2) is 5.82 Å². The van der Waals surface area contributed by atoms with Crippen molar-refractivity contribution in [3.8, 4) is 0 Å². The van der Waals surface area contributed by atoms with Crippen LogP contribution < -0.4 is 0 Å². The molecule has 0 amide bonds. The van der Waals surface area contributed by atoms with Crippen LogP contribution in [-0.4, -0.2) is 49.2 Å². The predicted octanol–water partition coefficient (Wildman–Crippen LogP) is 5.34. The average Bonchev–Trinajstić information content (AvgIpc) is 3.20. The first-order valence-corrected chi connectivity index (χ1v) is 10.4. The molecular weight excluding hydrogens is 480 g/mol. The fourth-order valence-electron chi connectivity index (χ4n) is 2.77. The standard InChI is InChI=1S/C22H23F6N5O2/c1-4-5-16(21(23,24)25)8-17(22(26,27)28)6-7-19-31-13-33(32-19)11-18(20(34)35-14(2)3)15-9-29-12-30-10-15/h6,8-14H,4-5,7H2,1-3H3/b16-8+,17-6+,18-11+. The molecule has 0 unspecified atom stereocenters. The lowest BCUT2D eigenvalue weighted by Crippen LogP contribution is -2.16. The zero-order valence-electron chi connectivity index (χ0n) is 19.1. The molecular formula is C22H23F6N5O2. The molecule has 0 atom stereocenters. The molecule has 35 heavy (non-hydrogen) atoms. The number of ether oxygens (including phenoxy) is 1. The molecule has 0 aliphatic rings. The Kier molecular flexibility index (Phi) is 9.32. The minimum atomic E-state index is -5.01. The normalized spacial score (nSPS) is 13.9. The first-order valence-electron chi connectivity index (χ1n) is 10.4. The number of halogens is 6. The Bertz CT molecular complexity index is 1090. The van der Waals surface area contributed by atoms with E-state index in [1.807, 2.05) is 0 Å². The van der Waals surface area contributed by atoms with Gasteiger partial charge in [-0.25, -0.2) is 24.4 Å². The molecule has 0 saturated heterocycles. The van der Waals surface area contributed by atoms with Crippen LogP contribution in [0.15, 0.2) is 48.3 Å². The van der Waals surface area contributed by atoms with E-state index in [0.717, 1.165) is 11.0 Å². The highest BCUT2D eigenvalue weighted by atomic mass is 19.4. The third-order valence-corrected chi connectivity index (χ3v) is 4.30. The highest BCUT2D eigenvalue weighted by Crippen LogP contribution is 2.34. The summed E-state index contributed by atoms with van der Waals surface area (Å²) in [5.74, 6) is -0.826. The van der Waals surface area contributed by atoms with Crippen LogP contribution in [0.2, 0.25) is 0 Å². The van der Waals surface area contributed by atoms with E-state index >= 15 is 0 Å². The first-order chi connectivity index (χ1) is 16.3. The van der Waals surface area contributed by atoms with Gasteiger partial charge in [0, 0.05) is 36.2 Å². The molecule has 2 aromatic rings. The van der Waals surface area contributed by atoms with Crippen molar-refractivity contribution in [3.63, 3.8) is 0 Å². The highest BCUT2D eigenvalue weighted by molar-refractivity contribution is 6.20. The summed E-state index contributed by atoms with van der Waals surface area (Å²) >= 11 is 0. The van der Waals surface area contributed by atoms with Gasteiger partial charge in [-0.05, 0) is 26.3 Å². The van der Waals surface area contributed by atoms with Gasteiger partial charge in [0.2, 0.25) is 0 Å². The predicted molar refractivity (Wildman–Crippen MR) is 114 cm³/mol. The zero-order valence-corrected chi connectivity index (χ0v) is 19.1. The van der Waals surface area contributed by atoms with Gasteiger partial charge >= 0.3 is 18.3 Å². The smallest absolute Gasteiger partial charge is 0.416 e. The van der Waals surface area contributed by atoms with E-state index in [1.54, 1.807) is 13.8 Å². The van der Waals surface area contributed by atoms with Crippen LogP contribution in [0.25, 0.3) is 11.8 Å². The van der Waals surface area contributed by atoms with E-state index in [1.165, 1.54) is 31.8 Å². The SMILES string of the molecule is CCC/C(=C\C(=C/Cc1ncn(/C=C(/C(=O)OC(C)C)c2cncnc2)n1)C(F)(F)F)C(F)(F)F. The molecule has 190 valence electrons. The zero-order chi connectivity index (χ0) is 26.2. The number of nitrogens with zero attached hydrogens (tertiary/aromatic N) is 5. The van der Waals surface area contributed by atoms with Gasteiger partial charge in [-0.15, -0.1) is 0 Å². The van der Waals surface area contributed by atoms with E-state index in [2.05, 4.69) is 20.1 Å². The van der Waals surface area contributed by atoms with Crippen LogP contribution >= 0.6 is 0 Å². The van der Waals surface area contributed by atoms with Gasteiger partial charge in [0.05, 0.1) is 17.3 Å². The number of hydrogen-bond donors (Lipinski definition) is 0. The lowest BCUT2D eigenvalue weighted by Gasteiger charge is -2.14. The van der Waals surface area contributed by atoms with E-state index < -0.39 is 48.4 Å². The number of alkyl halides is 6. The summed E-state index contributed by atoms with van der Waals surface area (Å²) in [6.45, 7) is 4.73. The molecule has 2 aromatic heterocycles. The van der Waals surface area contributed by atoms with E-state index in [9.17, 15) is 31.1 Å². The molecule has 0 aromatic carbocycles. The number of rotatable bonds is 9. The number of esters is 1. The van der Waals surface area contributed by atoms with Crippen molar-refractivity contribution in [2.45, 2.75) is 58.5 Å². The van der Waals surface area contributed by atoms with E-state index in [4.69, 9.17) is 4.74 Å². The van der Waals surface area contributed by atoms with Crippen molar-refractivity contribution in [2.24, 2.45) is 0 Å². The number of aromatic nitrogens is 5. The van der Waals surface area contributed by atoms with E-state index in [-0.39, 0.29) is 23.9 Å². The lowest BCUT2D eigenvalue weighted by atomic mass is 10.1. The maximum atomic E-state index is 13.4. The highest BCUT2D eigenvalue weighted by Gasteiger charge is 2.37.